The molecule has 10 nitrogen and oxygen atoms in total. The molecule has 1 atom stereocenters. The van der Waals surface area contributed by atoms with Crippen LogP contribution in [0.25, 0.3) is 0 Å². The van der Waals surface area contributed by atoms with E-state index in [0.29, 0.717) is 0 Å². The third-order valence-electron chi connectivity index (χ3n) is 4.16. The van der Waals surface area contributed by atoms with Crippen molar-refractivity contribution in [1.29, 1.82) is 0 Å². The van der Waals surface area contributed by atoms with Gasteiger partial charge < -0.3 is 19.1 Å². The predicted molar refractivity (Wildman–Crippen MR) is 91.3 cm³/mol. The molecular formula is C16H15F3N4O6. The molecule has 0 aliphatic carbocycles. The highest BCUT2D eigenvalue weighted by atomic mass is 19.4. The molecule has 156 valence electrons. The zero-order valence-electron chi connectivity index (χ0n) is 15.0. The molecule has 1 unspecified atom stereocenters. The van der Waals surface area contributed by atoms with Gasteiger partial charge in [-0.3, -0.25) is 10.1 Å². The highest BCUT2D eigenvalue weighted by molar-refractivity contribution is 6.05. The van der Waals surface area contributed by atoms with E-state index >= 15 is 0 Å². The Morgan fingerprint density at radius 2 is 2.00 bits per heavy atom. The lowest BCUT2D eigenvalue weighted by Crippen LogP contribution is -2.55. The molecule has 0 N–H and O–H groups in total. The second kappa shape index (κ2) is 7.66. The Morgan fingerprint density at radius 3 is 2.59 bits per heavy atom. The largest absolute Gasteiger partial charge is 0.465 e. The average Bonchev–Trinajstić information content (AvgIpc) is 2.72. The van der Waals surface area contributed by atoms with Crippen LogP contribution in [0, 0.1) is 10.1 Å². The van der Waals surface area contributed by atoms with E-state index in [1.165, 1.54) is 17.0 Å². The number of nitro benzene ring substituents is 1. The van der Waals surface area contributed by atoms with E-state index < -0.39 is 34.7 Å². The van der Waals surface area contributed by atoms with Crippen LogP contribution >= 0.6 is 0 Å². The van der Waals surface area contributed by atoms with E-state index in [0.717, 1.165) is 19.2 Å². The summed E-state index contributed by atoms with van der Waals surface area (Å²) in [5.74, 6) is -2.41. The van der Waals surface area contributed by atoms with Gasteiger partial charge in [0, 0.05) is 30.8 Å². The summed E-state index contributed by atoms with van der Waals surface area (Å²) in [5, 5.41) is 11.0. The molecule has 1 aromatic carbocycles. The number of rotatable bonds is 3. The third-order valence-corrected chi connectivity index (χ3v) is 4.16. The summed E-state index contributed by atoms with van der Waals surface area (Å²) in [6.45, 7) is 0.748. The van der Waals surface area contributed by atoms with Gasteiger partial charge in [-0.05, 0) is 6.07 Å². The van der Waals surface area contributed by atoms with Crippen molar-refractivity contribution in [2.75, 3.05) is 33.4 Å². The molecule has 0 spiro atoms. The molecule has 0 amide bonds. The smallest absolute Gasteiger partial charge is 0.446 e. The maximum atomic E-state index is 13.9. The number of nitro groups is 1. The standard InChI is InChI=1S/C16H15F3N4O6/c1-27-13(24)15(16(17,18)19)20-12(10-3-2-4-11(9-10)23(25)26)29-14(21-15)22-5-7-28-8-6-22/h2-4,9H,5-8H2,1H3. The van der Waals surface area contributed by atoms with E-state index in [9.17, 15) is 28.1 Å². The maximum absolute atomic E-state index is 13.9. The van der Waals surface area contributed by atoms with Crippen molar-refractivity contribution in [3.05, 3.63) is 39.9 Å². The zero-order valence-corrected chi connectivity index (χ0v) is 15.0. The number of carbonyl (C=O) groups is 1. The Kier molecular flexibility index (Phi) is 5.42. The molecule has 0 saturated carbocycles. The summed E-state index contributed by atoms with van der Waals surface area (Å²) in [7, 11) is 0.776. The molecule has 0 bridgehead atoms. The zero-order chi connectivity index (χ0) is 21.2. The lowest BCUT2D eigenvalue weighted by Gasteiger charge is -2.35. The van der Waals surface area contributed by atoms with Gasteiger partial charge in [0.2, 0.25) is 5.90 Å². The van der Waals surface area contributed by atoms with E-state index in [1.807, 2.05) is 0 Å². The summed E-state index contributed by atoms with van der Waals surface area (Å²) in [4.78, 5) is 30.7. The molecule has 2 aliphatic heterocycles. The first kappa shape index (κ1) is 20.5. The van der Waals surface area contributed by atoms with Crippen molar-refractivity contribution in [1.82, 2.24) is 4.90 Å². The summed E-state index contributed by atoms with van der Waals surface area (Å²) < 4.78 is 56.8. The molecule has 1 saturated heterocycles. The summed E-state index contributed by atoms with van der Waals surface area (Å²) >= 11 is 0. The van der Waals surface area contributed by atoms with Crippen LogP contribution in [0.3, 0.4) is 0 Å². The molecule has 3 rings (SSSR count). The van der Waals surface area contributed by atoms with Crippen molar-refractivity contribution in [2.24, 2.45) is 9.98 Å². The van der Waals surface area contributed by atoms with Gasteiger partial charge in [-0.2, -0.15) is 23.2 Å². The normalized spacial score (nSPS) is 22.3. The van der Waals surface area contributed by atoms with E-state index in [1.54, 1.807) is 0 Å². The fraction of sp³-hybridized carbons (Fsp3) is 0.438. The van der Waals surface area contributed by atoms with Crippen LogP contribution in [0.1, 0.15) is 5.56 Å². The molecule has 1 fully saturated rings. The maximum Gasteiger partial charge on any atom is 0.446 e. The number of halogens is 3. The van der Waals surface area contributed by atoms with Gasteiger partial charge in [-0.25, -0.2) is 4.79 Å². The molecule has 0 aromatic heterocycles. The number of hydrogen-bond donors (Lipinski definition) is 0. The minimum atomic E-state index is -5.26. The van der Waals surface area contributed by atoms with Gasteiger partial charge >= 0.3 is 17.8 Å². The molecule has 0 radical (unpaired) electrons. The number of non-ortho nitro benzene ring substituents is 1. The van der Waals surface area contributed by atoms with Crippen LogP contribution in [0.4, 0.5) is 18.9 Å². The minimum Gasteiger partial charge on any atom is -0.465 e. The Hall–Kier alpha value is -3.22. The van der Waals surface area contributed by atoms with Crippen molar-refractivity contribution in [2.45, 2.75) is 11.8 Å². The van der Waals surface area contributed by atoms with E-state index in [2.05, 4.69) is 14.7 Å². The highest BCUT2D eigenvalue weighted by Crippen LogP contribution is 2.39. The predicted octanol–water partition coefficient (Wildman–Crippen LogP) is 1.49. The second-order valence-corrected chi connectivity index (χ2v) is 5.98. The molecule has 29 heavy (non-hydrogen) atoms. The molecular weight excluding hydrogens is 401 g/mol. The SMILES string of the molecule is COC(=O)C1(C(F)(F)F)N=C(c2cccc([N+](=O)[O-])c2)OC(N2CCOCC2)=N1. The molecule has 2 heterocycles. The number of amidine groups is 1. The number of hydrogen-bond acceptors (Lipinski definition) is 9. The quantitative estimate of drug-likeness (QED) is 0.416. The van der Waals surface area contributed by atoms with Gasteiger partial charge in [-0.15, -0.1) is 0 Å². The van der Waals surface area contributed by atoms with Gasteiger partial charge in [0.1, 0.15) is 0 Å². The van der Waals surface area contributed by atoms with Crippen LogP contribution in [0.5, 0.6) is 0 Å². The number of benzene rings is 1. The molecule has 2 aliphatic rings. The Morgan fingerprint density at radius 1 is 1.31 bits per heavy atom. The number of methoxy groups -OCH3 is 1. The van der Waals surface area contributed by atoms with E-state index in [4.69, 9.17) is 9.47 Å². The summed E-state index contributed by atoms with van der Waals surface area (Å²) in [6.07, 6.45) is -5.26. The lowest BCUT2D eigenvalue weighted by atomic mass is 10.1. The number of aliphatic imine (C=N–C) groups is 2. The molecule has 1 aromatic rings. The highest BCUT2D eigenvalue weighted by Gasteiger charge is 2.65. The summed E-state index contributed by atoms with van der Waals surface area (Å²) in [5.41, 5.74) is -4.12. The monoisotopic (exact) mass is 416 g/mol. The Balaban J connectivity index is 2.15. The van der Waals surface area contributed by atoms with Crippen molar-refractivity contribution in [3.63, 3.8) is 0 Å². The number of alkyl halides is 3. The Bertz CT molecular complexity index is 882. The van der Waals surface area contributed by atoms with Crippen LogP contribution in [0.2, 0.25) is 0 Å². The Labute approximate surface area is 161 Å². The van der Waals surface area contributed by atoms with Gasteiger partial charge in [-0.1, -0.05) is 6.07 Å². The number of nitrogens with zero attached hydrogens (tertiary/aromatic N) is 4. The number of carbonyl (C=O) groups excluding carboxylic acids is 1. The van der Waals surface area contributed by atoms with Crippen LogP contribution < -0.4 is 0 Å². The third kappa shape index (κ3) is 3.85. The fourth-order valence-electron chi connectivity index (χ4n) is 2.68. The first-order valence-corrected chi connectivity index (χ1v) is 8.28. The second-order valence-electron chi connectivity index (χ2n) is 5.98. The van der Waals surface area contributed by atoms with Gasteiger partial charge in [0.25, 0.3) is 11.7 Å². The van der Waals surface area contributed by atoms with Gasteiger partial charge in [0.05, 0.1) is 25.2 Å². The van der Waals surface area contributed by atoms with Gasteiger partial charge in [0.15, 0.2) is 0 Å². The number of morpholine rings is 1. The fourth-order valence-corrected chi connectivity index (χ4v) is 2.68. The first-order chi connectivity index (χ1) is 13.7. The number of esters is 1. The average molecular weight is 416 g/mol. The van der Waals surface area contributed by atoms with Crippen molar-refractivity contribution in [3.8, 4) is 0 Å². The number of ether oxygens (including phenoxy) is 3. The van der Waals surface area contributed by atoms with Crippen LogP contribution in [-0.2, 0) is 19.0 Å². The van der Waals surface area contributed by atoms with Crippen molar-refractivity contribution < 1.29 is 37.1 Å². The lowest BCUT2D eigenvalue weighted by molar-refractivity contribution is -0.384. The minimum absolute atomic E-state index is 0.127. The topological polar surface area (TPSA) is 116 Å². The summed E-state index contributed by atoms with van der Waals surface area (Å²) in [6, 6.07) is 4.16. The van der Waals surface area contributed by atoms with E-state index in [-0.39, 0.29) is 37.6 Å². The van der Waals surface area contributed by atoms with Crippen LogP contribution in [0.15, 0.2) is 34.3 Å². The van der Waals surface area contributed by atoms with Crippen LogP contribution in [-0.4, -0.2) is 73.0 Å². The first-order valence-electron chi connectivity index (χ1n) is 8.28. The van der Waals surface area contributed by atoms with Crippen molar-refractivity contribution >= 4 is 23.6 Å². The molecule has 13 heteroatoms.